The van der Waals surface area contributed by atoms with Crippen LogP contribution in [0.5, 0.6) is 5.75 Å². The maximum absolute atomic E-state index is 13.3. The highest BCUT2D eigenvalue weighted by atomic mass is 79.9. The van der Waals surface area contributed by atoms with E-state index in [2.05, 4.69) is 61.3 Å². The van der Waals surface area contributed by atoms with E-state index >= 15 is 0 Å². The van der Waals surface area contributed by atoms with Crippen LogP contribution in [0.3, 0.4) is 0 Å². The lowest BCUT2D eigenvalue weighted by Gasteiger charge is -2.25. The molecule has 0 bridgehead atoms. The van der Waals surface area contributed by atoms with Crippen molar-refractivity contribution in [2.24, 2.45) is 0 Å². The Morgan fingerprint density at radius 3 is 2.62 bits per heavy atom. The number of hydrogen-bond acceptors (Lipinski definition) is 5. The van der Waals surface area contributed by atoms with Crippen LogP contribution < -0.4 is 15.6 Å². The van der Waals surface area contributed by atoms with Crippen LogP contribution in [0.25, 0.3) is 27.7 Å². The van der Waals surface area contributed by atoms with Gasteiger partial charge in [0.1, 0.15) is 5.75 Å². The third kappa shape index (κ3) is 4.57. The van der Waals surface area contributed by atoms with E-state index in [1.54, 1.807) is 0 Å². The molecule has 1 saturated carbocycles. The molecule has 2 aliphatic rings. The topological polar surface area (TPSA) is 63.8 Å². The first kappa shape index (κ1) is 24.9. The lowest BCUT2D eigenvalue weighted by molar-refractivity contribution is 0.277. The average Bonchev–Trinajstić information content (AvgIpc) is 3.52. The smallest absolute Gasteiger partial charge is 0.283 e. The van der Waals surface area contributed by atoms with Gasteiger partial charge < -0.3 is 19.5 Å². The van der Waals surface area contributed by atoms with Gasteiger partial charge in [-0.25, -0.2) is 0 Å². The van der Waals surface area contributed by atoms with Gasteiger partial charge in [-0.2, -0.15) is 4.98 Å². The second kappa shape index (κ2) is 10.4. The van der Waals surface area contributed by atoms with Crippen LogP contribution in [0.15, 0.2) is 39.6 Å². The van der Waals surface area contributed by atoms with Gasteiger partial charge in [0.25, 0.3) is 5.56 Å². The van der Waals surface area contributed by atoms with Crippen LogP contribution in [0.1, 0.15) is 62.5 Å². The maximum Gasteiger partial charge on any atom is 0.283 e. The molecule has 0 atom stereocenters. The van der Waals surface area contributed by atoms with Crippen molar-refractivity contribution >= 4 is 43.6 Å². The summed E-state index contributed by atoms with van der Waals surface area (Å²) in [5.41, 5.74) is 4.25. The van der Waals surface area contributed by atoms with Crippen molar-refractivity contribution in [3.05, 3.63) is 50.7 Å². The van der Waals surface area contributed by atoms with E-state index in [0.717, 1.165) is 78.8 Å². The van der Waals surface area contributed by atoms with Gasteiger partial charge in [-0.3, -0.25) is 9.20 Å². The Labute approximate surface area is 225 Å². The number of halogens is 1. The maximum atomic E-state index is 13.3. The second-order valence-electron chi connectivity index (χ2n) is 10.9. The molecule has 2 aromatic carbocycles. The lowest BCUT2D eigenvalue weighted by Crippen LogP contribution is -2.27. The second-order valence-corrected chi connectivity index (χ2v) is 11.8. The molecule has 0 unspecified atom stereocenters. The first-order valence-corrected chi connectivity index (χ1v) is 14.5. The molecule has 1 aliphatic heterocycles. The highest BCUT2D eigenvalue weighted by molar-refractivity contribution is 9.10. The molecule has 4 aromatic rings. The third-order valence-corrected chi connectivity index (χ3v) is 8.81. The molecule has 8 heteroatoms. The monoisotopic (exact) mass is 565 g/mol. The first-order chi connectivity index (χ1) is 18.0. The van der Waals surface area contributed by atoms with Crippen molar-refractivity contribution < 1.29 is 4.74 Å². The summed E-state index contributed by atoms with van der Waals surface area (Å²) in [6, 6.07) is 10.9. The van der Waals surface area contributed by atoms with E-state index in [4.69, 9.17) is 9.72 Å². The largest absolute Gasteiger partial charge is 0.493 e. The van der Waals surface area contributed by atoms with Crippen molar-refractivity contribution in [1.82, 2.24) is 24.2 Å². The number of rotatable bonds is 7. The predicted molar refractivity (Wildman–Crippen MR) is 153 cm³/mol. The van der Waals surface area contributed by atoms with Gasteiger partial charge in [0, 0.05) is 23.1 Å². The Bertz CT molecular complexity index is 1500. The lowest BCUT2D eigenvalue weighted by atomic mass is 9.89. The standard InChI is InChI=1S/C29H36BrN5O2/c1-33(2)15-6-16-37-26-18-25-24(17-21(26)19-11-13-31-14-12-19)34(20-7-3-4-8-20)29-32-28(36)27-22(30)9-5-10-23(27)35(25)29/h5,9-10,17-20,31H,3-4,6-8,11-16H2,1-2H3. The Hall–Kier alpha value is -2.42. The summed E-state index contributed by atoms with van der Waals surface area (Å²) in [4.78, 5) is 20.2. The van der Waals surface area contributed by atoms with Crippen LogP contribution in [0.4, 0.5) is 0 Å². The number of aromatic nitrogens is 3. The van der Waals surface area contributed by atoms with Crippen molar-refractivity contribution in [3.63, 3.8) is 0 Å². The Morgan fingerprint density at radius 1 is 1.08 bits per heavy atom. The quantitative estimate of drug-likeness (QED) is 0.301. The number of hydrogen-bond donors (Lipinski definition) is 1. The van der Waals surface area contributed by atoms with Crippen LogP contribution in [0.2, 0.25) is 0 Å². The van der Waals surface area contributed by atoms with Gasteiger partial charge in [0.15, 0.2) is 0 Å². The van der Waals surface area contributed by atoms with Crippen LogP contribution in [-0.4, -0.2) is 59.2 Å². The summed E-state index contributed by atoms with van der Waals surface area (Å²) in [7, 11) is 4.20. The van der Waals surface area contributed by atoms with Gasteiger partial charge in [0.05, 0.1) is 28.5 Å². The minimum Gasteiger partial charge on any atom is -0.493 e. The van der Waals surface area contributed by atoms with E-state index in [0.29, 0.717) is 24.0 Å². The van der Waals surface area contributed by atoms with Gasteiger partial charge in [-0.1, -0.05) is 18.9 Å². The average molecular weight is 567 g/mol. The molecular weight excluding hydrogens is 530 g/mol. The summed E-state index contributed by atoms with van der Waals surface area (Å²) in [6.45, 7) is 3.74. The normalized spacial score (nSPS) is 17.6. The number of imidazole rings is 1. The van der Waals surface area contributed by atoms with Crippen LogP contribution in [-0.2, 0) is 0 Å². The minimum absolute atomic E-state index is 0.178. The molecule has 6 rings (SSSR count). The zero-order valence-corrected chi connectivity index (χ0v) is 23.4. The molecule has 0 amide bonds. The van der Waals surface area contributed by atoms with Crippen molar-refractivity contribution in [2.45, 2.75) is 56.9 Å². The SMILES string of the molecule is CN(C)CCCOc1cc2c(cc1C1CCNCC1)n(C1CCCC1)c1nc(=O)c3c(Br)cccc3n21. The molecule has 2 aromatic heterocycles. The molecule has 0 spiro atoms. The summed E-state index contributed by atoms with van der Waals surface area (Å²) in [5, 5.41) is 4.14. The molecule has 196 valence electrons. The summed E-state index contributed by atoms with van der Waals surface area (Å²) < 4.78 is 11.9. The van der Waals surface area contributed by atoms with E-state index in [-0.39, 0.29) is 5.56 Å². The van der Waals surface area contributed by atoms with E-state index in [1.165, 1.54) is 23.9 Å². The molecule has 37 heavy (non-hydrogen) atoms. The highest BCUT2D eigenvalue weighted by Gasteiger charge is 2.28. The zero-order valence-electron chi connectivity index (χ0n) is 21.8. The molecule has 7 nitrogen and oxygen atoms in total. The molecule has 1 N–H and O–H groups in total. The van der Waals surface area contributed by atoms with Gasteiger partial charge in [0.2, 0.25) is 5.78 Å². The molecule has 1 saturated heterocycles. The molecule has 3 heterocycles. The number of fused-ring (bicyclic) bond motifs is 5. The highest BCUT2D eigenvalue weighted by Crippen LogP contribution is 2.41. The summed E-state index contributed by atoms with van der Waals surface area (Å²) in [6.07, 6.45) is 7.87. The summed E-state index contributed by atoms with van der Waals surface area (Å²) in [5.74, 6) is 2.19. The molecule has 2 fully saturated rings. The zero-order chi connectivity index (χ0) is 25.5. The fourth-order valence-electron chi connectivity index (χ4n) is 6.33. The number of nitrogens with zero attached hydrogens (tertiary/aromatic N) is 4. The van der Waals surface area contributed by atoms with E-state index in [9.17, 15) is 4.79 Å². The van der Waals surface area contributed by atoms with Crippen molar-refractivity contribution in [1.29, 1.82) is 0 Å². The Morgan fingerprint density at radius 2 is 1.86 bits per heavy atom. The Balaban J connectivity index is 1.61. The van der Waals surface area contributed by atoms with Gasteiger partial charge in [-0.15, -0.1) is 0 Å². The van der Waals surface area contributed by atoms with Crippen LogP contribution >= 0.6 is 15.9 Å². The number of benzene rings is 2. The fraction of sp³-hybridized carbons (Fsp3) is 0.517. The predicted octanol–water partition coefficient (Wildman–Crippen LogP) is 5.48. The first-order valence-electron chi connectivity index (χ1n) is 13.7. The third-order valence-electron chi connectivity index (χ3n) is 8.15. The van der Waals surface area contributed by atoms with E-state index in [1.807, 2.05) is 18.2 Å². The number of nitrogens with one attached hydrogen (secondary N) is 1. The molecule has 1 aliphatic carbocycles. The number of piperidine rings is 1. The van der Waals surface area contributed by atoms with Crippen LogP contribution in [0, 0.1) is 0 Å². The summed E-state index contributed by atoms with van der Waals surface area (Å²) >= 11 is 3.61. The van der Waals surface area contributed by atoms with Gasteiger partial charge in [-0.05, 0) is 105 Å². The van der Waals surface area contributed by atoms with Gasteiger partial charge >= 0.3 is 0 Å². The van der Waals surface area contributed by atoms with E-state index < -0.39 is 0 Å². The molecule has 0 radical (unpaired) electrons. The Kier molecular flexibility index (Phi) is 6.99. The molecular formula is C29H36BrN5O2. The van der Waals surface area contributed by atoms with Crippen molar-refractivity contribution in [2.75, 3.05) is 40.3 Å². The van der Waals surface area contributed by atoms with Crippen molar-refractivity contribution in [3.8, 4) is 5.75 Å². The number of ether oxygens (including phenoxy) is 1. The minimum atomic E-state index is -0.178. The fourth-order valence-corrected chi connectivity index (χ4v) is 6.86.